The first kappa shape index (κ1) is 21.3. The molecular weight excluding hydrogens is 388 g/mol. The Bertz CT molecular complexity index is 820. The zero-order valence-corrected chi connectivity index (χ0v) is 18.0. The van der Waals surface area contributed by atoms with Crippen molar-refractivity contribution in [2.24, 2.45) is 0 Å². The number of anilines is 1. The molecule has 1 fully saturated rings. The maximum atomic E-state index is 12.5. The van der Waals surface area contributed by atoms with Gasteiger partial charge < -0.3 is 19.3 Å². The van der Waals surface area contributed by atoms with Crippen LogP contribution in [0.4, 0.5) is 5.69 Å². The summed E-state index contributed by atoms with van der Waals surface area (Å²) in [6.45, 7) is 8.23. The van der Waals surface area contributed by atoms with Crippen LogP contribution in [0, 0.1) is 6.92 Å². The molecule has 6 heteroatoms. The van der Waals surface area contributed by atoms with Crippen molar-refractivity contribution in [1.82, 2.24) is 4.90 Å². The van der Waals surface area contributed by atoms with Crippen LogP contribution in [0.15, 0.2) is 42.5 Å². The number of hydrogen-bond donors (Lipinski definition) is 0. The summed E-state index contributed by atoms with van der Waals surface area (Å²) in [5.74, 6) is 1.92. The first-order valence-electron chi connectivity index (χ1n) is 10.2. The predicted octanol–water partition coefficient (Wildman–Crippen LogP) is 4.55. The monoisotopic (exact) mass is 416 g/mol. The molecule has 3 rings (SSSR count). The van der Waals surface area contributed by atoms with Crippen molar-refractivity contribution >= 4 is 23.2 Å². The summed E-state index contributed by atoms with van der Waals surface area (Å²) in [4.78, 5) is 16.8. The van der Waals surface area contributed by atoms with Crippen LogP contribution in [0.3, 0.4) is 0 Å². The Labute approximate surface area is 178 Å². The number of para-hydroxylation sites is 2. The molecule has 29 heavy (non-hydrogen) atoms. The highest BCUT2D eigenvalue weighted by molar-refractivity contribution is 6.30. The number of benzene rings is 2. The van der Waals surface area contributed by atoms with Crippen LogP contribution in [0.5, 0.6) is 11.5 Å². The largest absolute Gasteiger partial charge is 0.493 e. The number of aryl methyl sites for hydroxylation is 1. The molecule has 2 aromatic carbocycles. The molecular formula is C23H29ClN2O3. The maximum Gasteiger partial charge on any atom is 0.222 e. The molecule has 0 radical (unpaired) electrons. The van der Waals surface area contributed by atoms with Crippen LogP contribution in [0.25, 0.3) is 0 Å². The molecule has 0 saturated carbocycles. The van der Waals surface area contributed by atoms with Crippen LogP contribution in [0.2, 0.25) is 5.02 Å². The van der Waals surface area contributed by atoms with Crippen molar-refractivity contribution in [2.45, 2.75) is 26.7 Å². The Hall–Kier alpha value is -2.40. The van der Waals surface area contributed by atoms with E-state index in [4.69, 9.17) is 21.1 Å². The molecule has 1 saturated heterocycles. The lowest BCUT2D eigenvalue weighted by atomic mass is 10.2. The third-order valence-electron chi connectivity index (χ3n) is 5.07. The lowest BCUT2D eigenvalue weighted by molar-refractivity contribution is -0.131. The Morgan fingerprint density at radius 1 is 1.03 bits per heavy atom. The van der Waals surface area contributed by atoms with Crippen molar-refractivity contribution in [1.29, 1.82) is 0 Å². The number of rotatable bonds is 8. The molecule has 5 nitrogen and oxygen atoms in total. The fourth-order valence-corrected chi connectivity index (χ4v) is 3.76. The second-order valence-electron chi connectivity index (χ2n) is 7.13. The molecule has 0 bridgehead atoms. The molecule has 1 aliphatic rings. The van der Waals surface area contributed by atoms with Crippen molar-refractivity contribution in [3.8, 4) is 11.5 Å². The number of carbonyl (C=O) groups is 1. The van der Waals surface area contributed by atoms with Gasteiger partial charge in [0.15, 0.2) is 0 Å². The fourth-order valence-electron chi connectivity index (χ4n) is 3.53. The molecule has 2 aromatic rings. The van der Waals surface area contributed by atoms with E-state index in [1.165, 1.54) is 0 Å². The predicted molar refractivity (Wildman–Crippen MR) is 117 cm³/mol. The molecule has 156 valence electrons. The molecule has 1 heterocycles. The number of hydrogen-bond acceptors (Lipinski definition) is 4. The van der Waals surface area contributed by atoms with E-state index in [1.54, 1.807) is 0 Å². The maximum absolute atomic E-state index is 12.5. The number of ether oxygens (including phenoxy) is 2. The van der Waals surface area contributed by atoms with Crippen LogP contribution in [-0.2, 0) is 4.79 Å². The lowest BCUT2D eigenvalue weighted by Crippen LogP contribution is -2.48. The molecule has 0 aliphatic carbocycles. The van der Waals surface area contributed by atoms with Gasteiger partial charge in [-0.05, 0) is 56.2 Å². The number of piperazine rings is 1. The van der Waals surface area contributed by atoms with Crippen LogP contribution in [-0.4, -0.2) is 50.2 Å². The zero-order valence-electron chi connectivity index (χ0n) is 17.2. The molecule has 0 unspecified atom stereocenters. The van der Waals surface area contributed by atoms with E-state index in [-0.39, 0.29) is 5.91 Å². The lowest BCUT2D eigenvalue weighted by Gasteiger charge is -2.36. The average Bonchev–Trinajstić information content (AvgIpc) is 2.73. The molecule has 1 aliphatic heterocycles. The minimum atomic E-state index is 0.194. The van der Waals surface area contributed by atoms with Crippen molar-refractivity contribution in [2.75, 3.05) is 44.3 Å². The van der Waals surface area contributed by atoms with Crippen LogP contribution in [0.1, 0.15) is 25.3 Å². The first-order valence-corrected chi connectivity index (χ1v) is 10.6. The van der Waals surface area contributed by atoms with Gasteiger partial charge in [-0.1, -0.05) is 23.7 Å². The second kappa shape index (κ2) is 10.4. The van der Waals surface area contributed by atoms with Crippen molar-refractivity contribution in [3.05, 3.63) is 53.1 Å². The highest BCUT2D eigenvalue weighted by Crippen LogP contribution is 2.29. The van der Waals surface area contributed by atoms with E-state index < -0.39 is 0 Å². The summed E-state index contributed by atoms with van der Waals surface area (Å²) < 4.78 is 11.5. The van der Waals surface area contributed by atoms with E-state index in [9.17, 15) is 4.79 Å². The highest BCUT2D eigenvalue weighted by atomic mass is 35.5. The molecule has 0 spiro atoms. The van der Waals surface area contributed by atoms with Gasteiger partial charge in [-0.3, -0.25) is 4.79 Å². The Morgan fingerprint density at radius 3 is 2.52 bits per heavy atom. The topological polar surface area (TPSA) is 42.0 Å². The Balaban J connectivity index is 1.42. The quantitative estimate of drug-likeness (QED) is 0.592. The van der Waals surface area contributed by atoms with Gasteiger partial charge >= 0.3 is 0 Å². The standard InChI is InChI=1S/C23H29ClN2O3/c1-3-28-22-8-5-4-7-20(22)25-12-14-26(15-13-25)23(27)9-6-16-29-21-11-10-19(24)17-18(21)2/h4-5,7-8,10-11,17H,3,6,9,12-16H2,1-2H3. The molecule has 0 N–H and O–H groups in total. The molecule has 1 amide bonds. The Kier molecular flexibility index (Phi) is 7.64. The van der Waals surface area contributed by atoms with Crippen molar-refractivity contribution in [3.63, 3.8) is 0 Å². The van der Waals surface area contributed by atoms with Crippen molar-refractivity contribution < 1.29 is 14.3 Å². The average molecular weight is 417 g/mol. The van der Waals surface area contributed by atoms with Gasteiger partial charge in [0.2, 0.25) is 5.91 Å². The van der Waals surface area contributed by atoms with Gasteiger partial charge in [-0.25, -0.2) is 0 Å². The van der Waals surface area contributed by atoms with Gasteiger partial charge in [0, 0.05) is 37.6 Å². The summed E-state index contributed by atoms with van der Waals surface area (Å²) in [5, 5.41) is 0.702. The molecule has 0 atom stereocenters. The van der Waals surface area contributed by atoms with Crippen LogP contribution < -0.4 is 14.4 Å². The second-order valence-corrected chi connectivity index (χ2v) is 7.57. The van der Waals surface area contributed by atoms with E-state index >= 15 is 0 Å². The van der Waals surface area contributed by atoms with Gasteiger partial charge in [0.25, 0.3) is 0 Å². The van der Waals surface area contributed by atoms with E-state index in [0.29, 0.717) is 31.1 Å². The Morgan fingerprint density at radius 2 is 1.79 bits per heavy atom. The number of amides is 1. The molecule has 0 aromatic heterocycles. The van der Waals surface area contributed by atoms with Crippen LogP contribution >= 0.6 is 11.6 Å². The number of carbonyl (C=O) groups excluding carboxylic acids is 1. The van der Waals surface area contributed by atoms with E-state index in [0.717, 1.165) is 48.9 Å². The van der Waals surface area contributed by atoms with Gasteiger partial charge in [0.1, 0.15) is 11.5 Å². The summed E-state index contributed by atoms with van der Waals surface area (Å²) in [6.07, 6.45) is 1.20. The third-order valence-corrected chi connectivity index (χ3v) is 5.30. The minimum absolute atomic E-state index is 0.194. The number of halogens is 1. The normalized spacial score (nSPS) is 14.0. The number of nitrogens with zero attached hydrogens (tertiary/aromatic N) is 2. The first-order chi connectivity index (χ1) is 14.1. The summed E-state index contributed by atoms with van der Waals surface area (Å²) in [6, 6.07) is 13.7. The highest BCUT2D eigenvalue weighted by Gasteiger charge is 2.22. The van der Waals surface area contributed by atoms with Gasteiger partial charge in [-0.2, -0.15) is 0 Å². The third kappa shape index (κ3) is 5.80. The summed E-state index contributed by atoms with van der Waals surface area (Å²) in [7, 11) is 0. The fraction of sp³-hybridized carbons (Fsp3) is 0.435. The van der Waals surface area contributed by atoms with Gasteiger partial charge in [-0.15, -0.1) is 0 Å². The minimum Gasteiger partial charge on any atom is -0.493 e. The smallest absolute Gasteiger partial charge is 0.222 e. The van der Waals surface area contributed by atoms with E-state index in [1.807, 2.05) is 55.1 Å². The van der Waals surface area contributed by atoms with E-state index in [2.05, 4.69) is 11.0 Å². The van der Waals surface area contributed by atoms with Gasteiger partial charge in [0.05, 0.1) is 18.9 Å². The summed E-state index contributed by atoms with van der Waals surface area (Å²) in [5.41, 5.74) is 2.11. The zero-order chi connectivity index (χ0) is 20.6. The summed E-state index contributed by atoms with van der Waals surface area (Å²) >= 11 is 5.96. The SMILES string of the molecule is CCOc1ccccc1N1CCN(C(=O)CCCOc2ccc(Cl)cc2C)CC1.